The molecule has 0 amide bonds. The van der Waals surface area contributed by atoms with Crippen molar-refractivity contribution in [3.8, 4) is 0 Å². The first-order valence-corrected chi connectivity index (χ1v) is 8.52. The Kier molecular flexibility index (Phi) is 3.99. The van der Waals surface area contributed by atoms with Crippen LogP contribution < -0.4 is 10.5 Å². The molecule has 1 fully saturated rings. The number of benzene rings is 1. The summed E-state index contributed by atoms with van der Waals surface area (Å²) in [7, 11) is 5.88. The van der Waals surface area contributed by atoms with E-state index in [9.17, 15) is 9.18 Å². The van der Waals surface area contributed by atoms with Crippen molar-refractivity contribution in [2.75, 3.05) is 32.1 Å². The lowest BCUT2D eigenvalue weighted by atomic mass is 9.94. The van der Waals surface area contributed by atoms with Crippen molar-refractivity contribution in [3.05, 3.63) is 52.3 Å². The van der Waals surface area contributed by atoms with Gasteiger partial charge in [-0.25, -0.2) is 9.37 Å². The molecule has 0 saturated carbocycles. The molecule has 26 heavy (non-hydrogen) atoms. The molecule has 136 valence electrons. The molecule has 0 spiro atoms. The second-order valence-electron chi connectivity index (χ2n) is 7.01. The van der Waals surface area contributed by atoms with Gasteiger partial charge < -0.3 is 14.4 Å². The van der Waals surface area contributed by atoms with Gasteiger partial charge in [0, 0.05) is 32.1 Å². The molecule has 4 rings (SSSR count). The van der Waals surface area contributed by atoms with E-state index in [1.807, 2.05) is 33.3 Å². The first kappa shape index (κ1) is 16.7. The van der Waals surface area contributed by atoms with Crippen LogP contribution in [-0.2, 0) is 7.05 Å². The lowest BCUT2D eigenvalue weighted by Gasteiger charge is -2.25. The van der Waals surface area contributed by atoms with Crippen molar-refractivity contribution in [1.29, 1.82) is 0 Å². The van der Waals surface area contributed by atoms with E-state index in [1.165, 1.54) is 12.1 Å². The van der Waals surface area contributed by atoms with Gasteiger partial charge in [-0.1, -0.05) is 12.1 Å². The van der Waals surface area contributed by atoms with Crippen LogP contribution in [0.2, 0.25) is 0 Å². The minimum absolute atomic E-state index is 0.193. The minimum atomic E-state index is -0.239. The monoisotopic (exact) mass is 356 g/mol. The predicted octanol–water partition coefficient (Wildman–Crippen LogP) is 1.33. The van der Waals surface area contributed by atoms with Crippen LogP contribution in [0.1, 0.15) is 11.5 Å². The van der Waals surface area contributed by atoms with Crippen LogP contribution in [0.4, 0.5) is 10.3 Å². The number of nitrogens with one attached hydrogen (secondary N) is 1. The zero-order chi connectivity index (χ0) is 18.4. The second-order valence-corrected chi connectivity index (χ2v) is 7.01. The Bertz CT molecular complexity index is 993. The maximum atomic E-state index is 13.3. The van der Waals surface area contributed by atoms with E-state index in [2.05, 4.69) is 24.8 Å². The van der Waals surface area contributed by atoms with Gasteiger partial charge >= 0.3 is 0 Å². The molecule has 1 aromatic carbocycles. The molecule has 3 aromatic rings. The molecule has 2 atom stereocenters. The van der Waals surface area contributed by atoms with Gasteiger partial charge in [-0.3, -0.25) is 9.78 Å². The van der Waals surface area contributed by atoms with E-state index in [0.29, 0.717) is 23.7 Å². The number of aromatic nitrogens is 4. The fraction of sp³-hybridized carbons (Fsp3) is 0.389. The number of halogens is 1. The molecule has 0 radical (unpaired) electrons. The summed E-state index contributed by atoms with van der Waals surface area (Å²) in [5.41, 5.74) is 1.75. The lowest BCUT2D eigenvalue weighted by Crippen LogP contribution is -2.35. The quantitative estimate of drug-likeness (QED) is 0.767. The highest BCUT2D eigenvalue weighted by Gasteiger charge is 2.36. The molecule has 3 heterocycles. The number of imidazole rings is 1. The summed E-state index contributed by atoms with van der Waals surface area (Å²) in [6, 6.07) is 6.88. The molecule has 0 bridgehead atoms. The van der Waals surface area contributed by atoms with E-state index >= 15 is 0 Å². The Morgan fingerprint density at radius 1 is 1.23 bits per heavy atom. The summed E-state index contributed by atoms with van der Waals surface area (Å²) < 4.78 is 15.0. The average Bonchev–Trinajstić information content (AvgIpc) is 3.21. The lowest BCUT2D eigenvalue weighted by molar-refractivity contribution is 0.292. The number of aryl methyl sites for hydroxylation is 1. The highest BCUT2D eigenvalue weighted by molar-refractivity contribution is 5.70. The first-order valence-electron chi connectivity index (χ1n) is 8.52. The van der Waals surface area contributed by atoms with Crippen molar-refractivity contribution in [2.24, 2.45) is 7.05 Å². The fourth-order valence-corrected chi connectivity index (χ4v) is 3.67. The van der Waals surface area contributed by atoms with Crippen LogP contribution in [0.3, 0.4) is 0 Å². The van der Waals surface area contributed by atoms with E-state index in [-0.39, 0.29) is 23.3 Å². The molecule has 7 nitrogen and oxygen atoms in total. The van der Waals surface area contributed by atoms with Gasteiger partial charge in [0.2, 0.25) is 5.95 Å². The number of hydrogen-bond acceptors (Lipinski definition) is 5. The number of H-pyrrole nitrogens is 1. The van der Waals surface area contributed by atoms with Gasteiger partial charge in [-0.05, 0) is 31.8 Å². The van der Waals surface area contributed by atoms with Gasteiger partial charge in [0.05, 0.1) is 6.33 Å². The topological polar surface area (TPSA) is 70.1 Å². The maximum Gasteiger partial charge on any atom is 0.280 e. The summed E-state index contributed by atoms with van der Waals surface area (Å²) in [5.74, 6) is 0.498. The third-order valence-electron chi connectivity index (χ3n) is 5.11. The average molecular weight is 356 g/mol. The van der Waals surface area contributed by atoms with Crippen molar-refractivity contribution in [1.82, 2.24) is 24.4 Å². The zero-order valence-corrected chi connectivity index (χ0v) is 15.0. The molecule has 8 heteroatoms. The van der Waals surface area contributed by atoms with Crippen molar-refractivity contribution in [2.45, 2.75) is 12.0 Å². The SMILES string of the molecule is CN(C)[C@@H]1CN(c2nc3c(ncn3C)c(=O)[nH]2)C[C@H]1c1ccc(F)cc1. The van der Waals surface area contributed by atoms with Crippen LogP contribution >= 0.6 is 0 Å². The number of anilines is 1. The normalized spacial score (nSPS) is 20.4. The molecular formula is C18H21FN6O. The highest BCUT2D eigenvalue weighted by Crippen LogP contribution is 2.32. The first-order chi connectivity index (χ1) is 12.4. The number of aromatic amines is 1. The largest absolute Gasteiger partial charge is 0.340 e. The Labute approximate surface area is 150 Å². The maximum absolute atomic E-state index is 13.3. The standard InChI is InChI=1S/C18H21FN6O/c1-23(2)14-9-25(8-13(14)11-4-6-12(19)7-5-11)18-21-16-15(17(26)22-18)20-10-24(16)3/h4-7,10,13-14H,8-9H2,1-3H3,(H,21,22,26)/t13-,14+/m0/s1. The summed E-state index contributed by atoms with van der Waals surface area (Å²) in [6.45, 7) is 1.42. The Morgan fingerprint density at radius 3 is 2.65 bits per heavy atom. The van der Waals surface area contributed by atoms with Gasteiger partial charge in [0.1, 0.15) is 5.82 Å². The second kappa shape index (κ2) is 6.21. The molecule has 1 saturated heterocycles. The molecule has 2 aromatic heterocycles. The Morgan fingerprint density at radius 2 is 1.96 bits per heavy atom. The highest BCUT2D eigenvalue weighted by atomic mass is 19.1. The molecular weight excluding hydrogens is 335 g/mol. The van der Waals surface area contributed by atoms with Crippen molar-refractivity contribution >= 4 is 17.1 Å². The third kappa shape index (κ3) is 2.76. The number of likely N-dealkylation sites (N-methyl/N-ethyl adjacent to an activating group) is 1. The number of hydrogen-bond donors (Lipinski definition) is 1. The van der Waals surface area contributed by atoms with Crippen LogP contribution in [0.15, 0.2) is 35.4 Å². The van der Waals surface area contributed by atoms with Crippen LogP contribution in [0.5, 0.6) is 0 Å². The van der Waals surface area contributed by atoms with E-state index < -0.39 is 0 Å². The van der Waals surface area contributed by atoms with E-state index in [1.54, 1.807) is 10.9 Å². The van der Waals surface area contributed by atoms with Gasteiger partial charge in [-0.2, -0.15) is 4.98 Å². The van der Waals surface area contributed by atoms with Crippen molar-refractivity contribution in [3.63, 3.8) is 0 Å². The minimum Gasteiger partial charge on any atom is -0.340 e. The third-order valence-corrected chi connectivity index (χ3v) is 5.11. The van der Waals surface area contributed by atoms with Crippen molar-refractivity contribution < 1.29 is 4.39 Å². The number of rotatable bonds is 3. The predicted molar refractivity (Wildman–Crippen MR) is 98.0 cm³/mol. The smallest absolute Gasteiger partial charge is 0.280 e. The Hall–Kier alpha value is -2.74. The molecule has 0 aliphatic carbocycles. The van der Waals surface area contributed by atoms with Crippen LogP contribution in [-0.4, -0.2) is 57.6 Å². The molecule has 1 aliphatic heterocycles. The Balaban J connectivity index is 1.71. The van der Waals surface area contributed by atoms with E-state index in [0.717, 1.165) is 12.1 Å². The summed E-state index contributed by atoms with van der Waals surface area (Å²) >= 11 is 0. The van der Waals surface area contributed by atoms with Crippen LogP contribution in [0, 0.1) is 5.82 Å². The van der Waals surface area contributed by atoms with Gasteiger partial charge in [0.25, 0.3) is 5.56 Å². The summed E-state index contributed by atoms with van der Waals surface area (Å²) in [5, 5.41) is 0. The summed E-state index contributed by atoms with van der Waals surface area (Å²) in [6.07, 6.45) is 1.59. The fourth-order valence-electron chi connectivity index (χ4n) is 3.67. The zero-order valence-electron chi connectivity index (χ0n) is 15.0. The molecule has 1 N–H and O–H groups in total. The number of nitrogens with zero attached hydrogens (tertiary/aromatic N) is 5. The molecule has 0 unspecified atom stereocenters. The summed E-state index contributed by atoms with van der Waals surface area (Å²) in [4.78, 5) is 28.1. The van der Waals surface area contributed by atoms with Crippen LogP contribution in [0.25, 0.3) is 11.2 Å². The number of fused-ring (bicyclic) bond motifs is 1. The van der Waals surface area contributed by atoms with Gasteiger partial charge in [-0.15, -0.1) is 0 Å². The molecule has 1 aliphatic rings. The van der Waals surface area contributed by atoms with E-state index in [4.69, 9.17) is 0 Å². The van der Waals surface area contributed by atoms with Gasteiger partial charge in [0.15, 0.2) is 11.2 Å².